The predicted octanol–water partition coefficient (Wildman–Crippen LogP) is 4.91. The first kappa shape index (κ1) is 14.5. The molecule has 0 aromatic rings. The highest BCUT2D eigenvalue weighted by atomic mass is 16.1. The Bertz CT molecular complexity index is 280. The van der Waals surface area contributed by atoms with E-state index in [4.69, 9.17) is 0 Å². The Morgan fingerprint density at radius 3 is 2.53 bits per heavy atom. The molecular weight excluding hydrogens is 208 g/mol. The summed E-state index contributed by atoms with van der Waals surface area (Å²) in [6.07, 6.45) is 10.1. The molecule has 98 valence electrons. The van der Waals surface area contributed by atoms with Crippen molar-refractivity contribution >= 4 is 5.78 Å². The third-order valence-electron chi connectivity index (χ3n) is 4.12. The standard InChI is InChI=1S/C16H28O/c1-13(16(2,3)4)12-15(17)14-10-8-6-5-7-9-11-14/h10,13H,5-9,11-12H2,1-4H3. The molecule has 0 N–H and O–H groups in total. The number of Topliss-reactive ketones (excluding diaryl/α,β-unsaturated/α-hetero) is 1. The Morgan fingerprint density at radius 1 is 1.24 bits per heavy atom. The zero-order valence-electron chi connectivity index (χ0n) is 12.0. The Labute approximate surface area is 107 Å². The van der Waals surface area contributed by atoms with Crippen molar-refractivity contribution in [2.75, 3.05) is 0 Å². The quantitative estimate of drug-likeness (QED) is 0.680. The molecule has 1 rings (SSSR count). The number of hydrogen-bond donors (Lipinski definition) is 0. The number of hydrogen-bond acceptors (Lipinski definition) is 1. The van der Waals surface area contributed by atoms with Crippen molar-refractivity contribution in [2.24, 2.45) is 11.3 Å². The summed E-state index contributed by atoms with van der Waals surface area (Å²) < 4.78 is 0. The van der Waals surface area contributed by atoms with E-state index >= 15 is 0 Å². The van der Waals surface area contributed by atoms with Gasteiger partial charge in [0.05, 0.1) is 0 Å². The minimum atomic E-state index is 0.234. The Morgan fingerprint density at radius 2 is 1.88 bits per heavy atom. The molecular formula is C16H28O. The van der Waals surface area contributed by atoms with Crippen molar-refractivity contribution in [1.29, 1.82) is 0 Å². The number of ketones is 1. The van der Waals surface area contributed by atoms with Crippen LogP contribution in [-0.2, 0) is 4.79 Å². The highest BCUT2D eigenvalue weighted by Crippen LogP contribution is 2.30. The molecule has 1 aliphatic carbocycles. The molecule has 0 bridgehead atoms. The molecule has 0 spiro atoms. The van der Waals surface area contributed by atoms with Crippen LogP contribution in [0.1, 0.15) is 72.6 Å². The van der Waals surface area contributed by atoms with Gasteiger partial charge in [-0.3, -0.25) is 4.79 Å². The summed E-state index contributed by atoms with van der Waals surface area (Å²) in [6, 6.07) is 0. The van der Waals surface area contributed by atoms with Gasteiger partial charge in [0.25, 0.3) is 0 Å². The molecule has 0 amide bonds. The minimum absolute atomic E-state index is 0.234. The second-order valence-corrected chi connectivity index (χ2v) is 6.58. The monoisotopic (exact) mass is 236 g/mol. The largest absolute Gasteiger partial charge is 0.295 e. The van der Waals surface area contributed by atoms with Crippen LogP contribution in [0, 0.1) is 11.3 Å². The summed E-state index contributed by atoms with van der Waals surface area (Å²) in [5.74, 6) is 0.857. The lowest BCUT2D eigenvalue weighted by atomic mass is 9.78. The molecule has 1 atom stereocenters. The molecule has 0 radical (unpaired) electrons. The first-order valence-electron chi connectivity index (χ1n) is 7.13. The van der Waals surface area contributed by atoms with E-state index in [1.54, 1.807) is 0 Å². The second kappa shape index (κ2) is 6.37. The normalized spacial score (nSPS) is 20.1. The lowest BCUT2D eigenvalue weighted by molar-refractivity contribution is -0.117. The van der Waals surface area contributed by atoms with E-state index in [0.717, 1.165) is 24.8 Å². The highest BCUT2D eigenvalue weighted by Gasteiger charge is 2.23. The third-order valence-corrected chi connectivity index (χ3v) is 4.12. The van der Waals surface area contributed by atoms with Crippen molar-refractivity contribution < 1.29 is 4.79 Å². The van der Waals surface area contributed by atoms with Gasteiger partial charge in [-0.1, -0.05) is 46.6 Å². The van der Waals surface area contributed by atoms with Crippen LogP contribution >= 0.6 is 0 Å². The first-order chi connectivity index (χ1) is 7.91. The predicted molar refractivity (Wildman–Crippen MR) is 74.0 cm³/mol. The lowest BCUT2D eigenvalue weighted by Gasteiger charge is -2.27. The van der Waals surface area contributed by atoms with Gasteiger partial charge in [0.2, 0.25) is 0 Å². The molecule has 0 fully saturated rings. The van der Waals surface area contributed by atoms with Crippen molar-refractivity contribution in [3.05, 3.63) is 11.6 Å². The van der Waals surface area contributed by atoms with Crippen LogP contribution in [0.15, 0.2) is 11.6 Å². The molecule has 0 aromatic heterocycles. The van der Waals surface area contributed by atoms with Gasteiger partial charge >= 0.3 is 0 Å². The third kappa shape index (κ3) is 5.06. The van der Waals surface area contributed by atoms with Gasteiger partial charge in [0, 0.05) is 6.42 Å². The zero-order valence-corrected chi connectivity index (χ0v) is 12.0. The molecule has 1 nitrogen and oxygen atoms in total. The molecule has 0 heterocycles. The molecule has 0 saturated carbocycles. The highest BCUT2D eigenvalue weighted by molar-refractivity contribution is 5.95. The number of rotatable bonds is 3. The van der Waals surface area contributed by atoms with Crippen LogP contribution in [0.4, 0.5) is 0 Å². The van der Waals surface area contributed by atoms with Crippen LogP contribution in [0.2, 0.25) is 0 Å². The van der Waals surface area contributed by atoms with E-state index in [1.807, 2.05) is 0 Å². The van der Waals surface area contributed by atoms with E-state index in [-0.39, 0.29) is 5.41 Å². The van der Waals surface area contributed by atoms with Gasteiger partial charge in [0.15, 0.2) is 5.78 Å². The number of allylic oxidation sites excluding steroid dienone is 2. The summed E-state index contributed by atoms with van der Waals surface area (Å²) in [5.41, 5.74) is 1.35. The fourth-order valence-corrected chi connectivity index (χ4v) is 2.16. The number of carbonyl (C=O) groups is 1. The van der Waals surface area contributed by atoms with Crippen molar-refractivity contribution in [2.45, 2.75) is 72.6 Å². The van der Waals surface area contributed by atoms with E-state index in [2.05, 4.69) is 33.8 Å². The second-order valence-electron chi connectivity index (χ2n) is 6.58. The SMILES string of the molecule is CC(CC(=O)C1=CCCCCCC1)C(C)(C)C. The Balaban J connectivity index is 2.56. The molecule has 1 heteroatoms. The van der Waals surface area contributed by atoms with Crippen molar-refractivity contribution in [3.8, 4) is 0 Å². The van der Waals surface area contributed by atoms with Crippen LogP contribution in [0.25, 0.3) is 0 Å². The maximum absolute atomic E-state index is 12.3. The van der Waals surface area contributed by atoms with Gasteiger partial charge in [-0.2, -0.15) is 0 Å². The maximum atomic E-state index is 12.3. The number of carbonyl (C=O) groups excluding carboxylic acids is 1. The van der Waals surface area contributed by atoms with Gasteiger partial charge in [-0.05, 0) is 42.6 Å². The summed E-state index contributed by atoms with van der Waals surface area (Å²) in [4.78, 5) is 12.3. The molecule has 17 heavy (non-hydrogen) atoms. The van der Waals surface area contributed by atoms with Gasteiger partial charge in [-0.25, -0.2) is 0 Å². The first-order valence-corrected chi connectivity index (χ1v) is 7.13. The van der Waals surface area contributed by atoms with Gasteiger partial charge < -0.3 is 0 Å². The topological polar surface area (TPSA) is 17.1 Å². The lowest BCUT2D eigenvalue weighted by Crippen LogP contribution is -2.21. The van der Waals surface area contributed by atoms with Crippen molar-refractivity contribution in [1.82, 2.24) is 0 Å². The van der Waals surface area contributed by atoms with Crippen molar-refractivity contribution in [3.63, 3.8) is 0 Å². The summed E-state index contributed by atoms with van der Waals surface area (Å²) in [5, 5.41) is 0. The van der Waals surface area contributed by atoms with Gasteiger partial charge in [0.1, 0.15) is 0 Å². The molecule has 0 aromatic carbocycles. The Kier molecular flexibility index (Phi) is 5.42. The van der Waals surface area contributed by atoms with Crippen LogP contribution in [0.3, 0.4) is 0 Å². The minimum Gasteiger partial charge on any atom is -0.295 e. The van der Waals surface area contributed by atoms with E-state index in [0.29, 0.717) is 11.7 Å². The summed E-state index contributed by atoms with van der Waals surface area (Å²) in [6.45, 7) is 8.85. The van der Waals surface area contributed by atoms with E-state index in [9.17, 15) is 4.79 Å². The fraction of sp³-hybridized carbons (Fsp3) is 0.812. The summed E-state index contributed by atoms with van der Waals surface area (Å²) in [7, 11) is 0. The molecule has 0 saturated heterocycles. The van der Waals surface area contributed by atoms with E-state index < -0.39 is 0 Å². The molecule has 0 aliphatic heterocycles. The Hall–Kier alpha value is -0.590. The van der Waals surface area contributed by atoms with Gasteiger partial charge in [-0.15, -0.1) is 0 Å². The van der Waals surface area contributed by atoms with E-state index in [1.165, 1.54) is 25.7 Å². The zero-order chi connectivity index (χ0) is 12.9. The fourth-order valence-electron chi connectivity index (χ4n) is 2.16. The maximum Gasteiger partial charge on any atom is 0.158 e. The molecule has 1 unspecified atom stereocenters. The van der Waals surface area contributed by atoms with Crippen LogP contribution < -0.4 is 0 Å². The van der Waals surface area contributed by atoms with Crippen LogP contribution in [-0.4, -0.2) is 5.78 Å². The average molecular weight is 236 g/mol. The summed E-state index contributed by atoms with van der Waals surface area (Å²) >= 11 is 0. The van der Waals surface area contributed by atoms with Crippen LogP contribution in [0.5, 0.6) is 0 Å². The smallest absolute Gasteiger partial charge is 0.158 e. The molecule has 1 aliphatic rings. The average Bonchev–Trinajstić information content (AvgIpc) is 2.14.